The quantitative estimate of drug-likeness (QED) is 0.570. The fourth-order valence-corrected chi connectivity index (χ4v) is 2.81. The van der Waals surface area contributed by atoms with Crippen LogP contribution in [-0.4, -0.2) is 0 Å². The van der Waals surface area contributed by atoms with Gasteiger partial charge in [-0.05, 0) is 24.1 Å². The van der Waals surface area contributed by atoms with Crippen LogP contribution in [0, 0.1) is 0 Å². The highest BCUT2D eigenvalue weighted by atomic mass is 35.5. The first kappa shape index (κ1) is 18.3. The van der Waals surface area contributed by atoms with E-state index in [1.807, 2.05) is 24.3 Å². The molecule has 2 aromatic carbocycles. The monoisotopic (exact) mass is 341 g/mol. The van der Waals surface area contributed by atoms with Gasteiger partial charge in [-0.15, -0.1) is 12.4 Å². The molecule has 1 atom stereocenters. The molecule has 0 aliphatic carbocycles. The maximum Gasteiger partial charge on any atom is 0.134 e. The summed E-state index contributed by atoms with van der Waals surface area (Å²) in [6.45, 7) is 2.96. The van der Waals surface area contributed by atoms with E-state index in [-0.39, 0.29) is 12.4 Å². The SMILES string of the molecule is CCCC(NCc1ccc(-c2ccccc2)o1)c1ccccc1.Cl. The third-order valence-electron chi connectivity index (χ3n) is 4.02. The molecule has 2 nitrogen and oxygen atoms in total. The number of rotatable bonds is 7. The van der Waals surface area contributed by atoms with Crippen LogP contribution in [0.2, 0.25) is 0 Å². The third kappa shape index (κ3) is 4.73. The molecule has 1 aromatic heterocycles. The third-order valence-corrected chi connectivity index (χ3v) is 4.02. The van der Waals surface area contributed by atoms with Crippen LogP contribution in [0.15, 0.2) is 77.2 Å². The first-order valence-corrected chi connectivity index (χ1v) is 8.29. The van der Waals surface area contributed by atoms with E-state index in [0.717, 1.165) is 36.5 Å². The van der Waals surface area contributed by atoms with Gasteiger partial charge in [0, 0.05) is 11.6 Å². The van der Waals surface area contributed by atoms with Gasteiger partial charge in [0.1, 0.15) is 11.5 Å². The molecule has 1 unspecified atom stereocenters. The molecular weight excluding hydrogens is 318 g/mol. The maximum atomic E-state index is 5.97. The maximum absolute atomic E-state index is 5.97. The lowest BCUT2D eigenvalue weighted by molar-refractivity contribution is 0.439. The van der Waals surface area contributed by atoms with Crippen molar-refractivity contribution in [3.8, 4) is 11.3 Å². The van der Waals surface area contributed by atoms with Crippen LogP contribution in [0.4, 0.5) is 0 Å². The fourth-order valence-electron chi connectivity index (χ4n) is 2.81. The number of benzene rings is 2. The van der Waals surface area contributed by atoms with Crippen molar-refractivity contribution in [2.75, 3.05) is 0 Å². The molecule has 0 radical (unpaired) electrons. The summed E-state index contributed by atoms with van der Waals surface area (Å²) in [6, 6.07) is 25.3. The van der Waals surface area contributed by atoms with Crippen LogP contribution in [0.25, 0.3) is 11.3 Å². The number of nitrogens with one attached hydrogen (secondary N) is 1. The Bertz CT molecular complexity index is 709. The average Bonchev–Trinajstić information content (AvgIpc) is 3.09. The van der Waals surface area contributed by atoms with E-state index in [1.165, 1.54) is 5.56 Å². The normalized spacial score (nSPS) is 11.7. The largest absolute Gasteiger partial charge is 0.460 e. The van der Waals surface area contributed by atoms with Crippen LogP contribution >= 0.6 is 12.4 Å². The second-order valence-electron chi connectivity index (χ2n) is 5.76. The molecule has 24 heavy (non-hydrogen) atoms. The summed E-state index contributed by atoms with van der Waals surface area (Å²) >= 11 is 0. The molecule has 0 bridgehead atoms. The first-order valence-electron chi connectivity index (χ1n) is 8.29. The van der Waals surface area contributed by atoms with Gasteiger partial charge in [0.15, 0.2) is 0 Å². The van der Waals surface area contributed by atoms with Gasteiger partial charge < -0.3 is 9.73 Å². The van der Waals surface area contributed by atoms with Crippen molar-refractivity contribution in [1.82, 2.24) is 5.32 Å². The first-order chi connectivity index (χ1) is 11.4. The van der Waals surface area contributed by atoms with E-state index in [1.54, 1.807) is 0 Å². The standard InChI is InChI=1S/C21H23NO.ClH/c1-2-9-20(17-10-5-3-6-11-17)22-16-19-14-15-21(23-19)18-12-7-4-8-13-18;/h3-8,10-15,20,22H,2,9,16H2,1H3;1H. The zero-order valence-electron chi connectivity index (χ0n) is 13.9. The van der Waals surface area contributed by atoms with Crippen molar-refractivity contribution in [2.45, 2.75) is 32.4 Å². The highest BCUT2D eigenvalue weighted by molar-refractivity contribution is 5.85. The lowest BCUT2D eigenvalue weighted by Gasteiger charge is -2.17. The van der Waals surface area contributed by atoms with E-state index in [2.05, 4.69) is 60.8 Å². The molecule has 0 aliphatic heterocycles. The van der Waals surface area contributed by atoms with Crippen molar-refractivity contribution in [3.05, 3.63) is 84.1 Å². The van der Waals surface area contributed by atoms with Gasteiger partial charge in [0.05, 0.1) is 6.54 Å². The Labute approximate surface area is 150 Å². The molecule has 0 amide bonds. The molecule has 3 rings (SSSR count). The zero-order chi connectivity index (χ0) is 15.9. The molecule has 0 spiro atoms. The minimum atomic E-state index is 0. The Morgan fingerprint density at radius 1 is 0.875 bits per heavy atom. The number of hydrogen-bond donors (Lipinski definition) is 1. The summed E-state index contributed by atoms with van der Waals surface area (Å²) < 4.78 is 5.97. The molecule has 3 heteroatoms. The Morgan fingerprint density at radius 3 is 2.21 bits per heavy atom. The number of furan rings is 1. The van der Waals surface area contributed by atoms with Crippen LogP contribution in [0.3, 0.4) is 0 Å². The molecule has 3 aromatic rings. The second-order valence-corrected chi connectivity index (χ2v) is 5.76. The van der Waals surface area contributed by atoms with Crippen molar-refractivity contribution >= 4 is 12.4 Å². The zero-order valence-corrected chi connectivity index (χ0v) is 14.8. The van der Waals surface area contributed by atoms with Crippen molar-refractivity contribution in [1.29, 1.82) is 0 Å². The van der Waals surface area contributed by atoms with Crippen LogP contribution in [0.5, 0.6) is 0 Å². The van der Waals surface area contributed by atoms with Gasteiger partial charge >= 0.3 is 0 Å². The van der Waals surface area contributed by atoms with E-state index in [9.17, 15) is 0 Å². The van der Waals surface area contributed by atoms with Gasteiger partial charge in [-0.1, -0.05) is 74.0 Å². The van der Waals surface area contributed by atoms with Crippen molar-refractivity contribution in [2.24, 2.45) is 0 Å². The Hall–Kier alpha value is -2.03. The molecule has 0 aliphatic rings. The number of hydrogen-bond acceptors (Lipinski definition) is 2. The molecule has 126 valence electrons. The van der Waals surface area contributed by atoms with Gasteiger partial charge in [-0.25, -0.2) is 0 Å². The summed E-state index contributed by atoms with van der Waals surface area (Å²) in [6.07, 6.45) is 2.27. The topological polar surface area (TPSA) is 25.2 Å². The van der Waals surface area contributed by atoms with Crippen LogP contribution in [-0.2, 0) is 6.54 Å². The Kier molecular flexibility index (Phi) is 7.10. The van der Waals surface area contributed by atoms with Gasteiger partial charge in [0.2, 0.25) is 0 Å². The van der Waals surface area contributed by atoms with Crippen LogP contribution in [0.1, 0.15) is 37.1 Å². The highest BCUT2D eigenvalue weighted by Crippen LogP contribution is 2.23. The predicted octanol–water partition coefficient (Wildman–Crippen LogP) is 6.00. The summed E-state index contributed by atoms with van der Waals surface area (Å²) in [4.78, 5) is 0. The van der Waals surface area contributed by atoms with E-state index in [0.29, 0.717) is 6.04 Å². The average molecular weight is 342 g/mol. The smallest absolute Gasteiger partial charge is 0.134 e. The molecule has 0 fully saturated rings. The minimum absolute atomic E-state index is 0. The van der Waals surface area contributed by atoms with Gasteiger partial charge in [-0.3, -0.25) is 0 Å². The second kappa shape index (κ2) is 9.31. The van der Waals surface area contributed by atoms with E-state index < -0.39 is 0 Å². The van der Waals surface area contributed by atoms with Crippen LogP contribution < -0.4 is 5.32 Å². The van der Waals surface area contributed by atoms with E-state index in [4.69, 9.17) is 4.42 Å². The fraction of sp³-hybridized carbons (Fsp3) is 0.238. The Morgan fingerprint density at radius 2 is 1.54 bits per heavy atom. The summed E-state index contributed by atoms with van der Waals surface area (Å²) in [5.41, 5.74) is 2.45. The van der Waals surface area contributed by atoms with Gasteiger partial charge in [0.25, 0.3) is 0 Å². The minimum Gasteiger partial charge on any atom is -0.460 e. The highest BCUT2D eigenvalue weighted by Gasteiger charge is 2.11. The summed E-state index contributed by atoms with van der Waals surface area (Å²) in [7, 11) is 0. The number of halogens is 1. The molecule has 0 saturated carbocycles. The van der Waals surface area contributed by atoms with E-state index >= 15 is 0 Å². The lowest BCUT2D eigenvalue weighted by atomic mass is 10.0. The van der Waals surface area contributed by atoms with Crippen molar-refractivity contribution < 1.29 is 4.42 Å². The molecule has 1 heterocycles. The molecular formula is C21H24ClNO. The summed E-state index contributed by atoms with van der Waals surface area (Å²) in [5.74, 6) is 1.90. The Balaban J connectivity index is 0.00000208. The van der Waals surface area contributed by atoms with Crippen molar-refractivity contribution in [3.63, 3.8) is 0 Å². The summed E-state index contributed by atoms with van der Waals surface area (Å²) in [5, 5.41) is 3.62. The predicted molar refractivity (Wildman–Crippen MR) is 102 cm³/mol. The molecule has 0 saturated heterocycles. The van der Waals surface area contributed by atoms with Gasteiger partial charge in [-0.2, -0.15) is 0 Å². The molecule has 1 N–H and O–H groups in total. The lowest BCUT2D eigenvalue weighted by Crippen LogP contribution is -2.20.